The molecular weight excluding hydrogens is 250 g/mol. The zero-order chi connectivity index (χ0) is 13.1. The first kappa shape index (κ1) is 12.6. The van der Waals surface area contributed by atoms with Crippen LogP contribution in [0.15, 0.2) is 24.3 Å². The van der Waals surface area contributed by atoms with Gasteiger partial charge in [0.25, 0.3) is 0 Å². The summed E-state index contributed by atoms with van der Waals surface area (Å²) < 4.78 is 0. The average Bonchev–Trinajstić information content (AvgIpc) is 2.35. The zero-order valence-electron chi connectivity index (χ0n) is 9.81. The lowest BCUT2D eigenvalue weighted by atomic mass is 10.1. The smallest absolute Gasteiger partial charge is 0.128 e. The summed E-state index contributed by atoms with van der Waals surface area (Å²) in [6.07, 6.45) is -0.474. The van der Waals surface area contributed by atoms with Crippen LogP contribution in [0.4, 0.5) is 5.82 Å². The molecule has 0 spiro atoms. The van der Waals surface area contributed by atoms with Gasteiger partial charge in [0.1, 0.15) is 5.82 Å². The Morgan fingerprint density at radius 1 is 1.50 bits per heavy atom. The van der Waals surface area contributed by atoms with Gasteiger partial charge < -0.3 is 10.4 Å². The molecule has 5 heteroatoms. The van der Waals surface area contributed by atoms with Gasteiger partial charge >= 0.3 is 0 Å². The number of pyridine rings is 1. The Bertz CT molecular complexity index is 619. The van der Waals surface area contributed by atoms with Crippen LogP contribution in [-0.4, -0.2) is 22.7 Å². The van der Waals surface area contributed by atoms with Crippen molar-refractivity contribution < 1.29 is 5.11 Å². The third-order valence-electron chi connectivity index (χ3n) is 2.47. The van der Waals surface area contributed by atoms with E-state index in [0.717, 1.165) is 5.39 Å². The molecule has 0 radical (unpaired) electrons. The summed E-state index contributed by atoms with van der Waals surface area (Å²) in [5.41, 5.74) is 1.21. The third-order valence-corrected chi connectivity index (χ3v) is 2.70. The van der Waals surface area contributed by atoms with E-state index in [1.54, 1.807) is 31.2 Å². The molecular formula is C13H12ClN3O. The van der Waals surface area contributed by atoms with Gasteiger partial charge in [0.15, 0.2) is 0 Å². The molecule has 0 aliphatic heterocycles. The normalized spacial score (nSPS) is 12.1. The van der Waals surface area contributed by atoms with Crippen LogP contribution < -0.4 is 5.32 Å². The quantitative estimate of drug-likeness (QED) is 0.891. The Labute approximate surface area is 110 Å². The number of aliphatic hydroxyl groups is 1. The Kier molecular flexibility index (Phi) is 3.66. The summed E-state index contributed by atoms with van der Waals surface area (Å²) >= 11 is 5.90. The molecule has 0 saturated carbocycles. The van der Waals surface area contributed by atoms with Crippen molar-refractivity contribution in [3.63, 3.8) is 0 Å². The number of hydrogen-bond acceptors (Lipinski definition) is 4. The Balaban J connectivity index is 2.47. The molecule has 1 atom stereocenters. The van der Waals surface area contributed by atoms with E-state index in [9.17, 15) is 5.11 Å². The summed E-state index contributed by atoms with van der Waals surface area (Å²) in [5.74, 6) is 0.572. The Hall–Kier alpha value is -1.83. The molecule has 0 aliphatic rings. The van der Waals surface area contributed by atoms with Crippen molar-refractivity contribution in [1.82, 2.24) is 4.98 Å². The lowest BCUT2D eigenvalue weighted by Gasteiger charge is -2.09. The molecule has 0 bridgehead atoms. The fourth-order valence-electron chi connectivity index (χ4n) is 1.63. The number of benzene rings is 1. The zero-order valence-corrected chi connectivity index (χ0v) is 10.6. The molecule has 0 aliphatic carbocycles. The fraction of sp³-hybridized carbons (Fsp3) is 0.231. The SMILES string of the molecule is C[C@@H](O)CNc1cc(C#N)c2cc(Cl)ccc2n1. The monoisotopic (exact) mass is 261 g/mol. The Morgan fingerprint density at radius 2 is 2.28 bits per heavy atom. The lowest BCUT2D eigenvalue weighted by Crippen LogP contribution is -2.16. The Morgan fingerprint density at radius 3 is 2.94 bits per heavy atom. The molecule has 18 heavy (non-hydrogen) atoms. The number of rotatable bonds is 3. The highest BCUT2D eigenvalue weighted by molar-refractivity contribution is 6.31. The van der Waals surface area contributed by atoms with Gasteiger partial charge in [-0.25, -0.2) is 4.98 Å². The van der Waals surface area contributed by atoms with Crippen molar-refractivity contribution in [3.05, 3.63) is 34.9 Å². The van der Waals surface area contributed by atoms with Crippen molar-refractivity contribution in [1.29, 1.82) is 5.26 Å². The van der Waals surface area contributed by atoms with Crippen molar-refractivity contribution in [2.24, 2.45) is 0 Å². The van der Waals surface area contributed by atoms with Crippen molar-refractivity contribution >= 4 is 28.3 Å². The van der Waals surface area contributed by atoms with Gasteiger partial charge in [-0.1, -0.05) is 11.6 Å². The minimum Gasteiger partial charge on any atom is -0.392 e. The summed E-state index contributed by atoms with van der Waals surface area (Å²) in [4.78, 5) is 4.36. The first-order chi connectivity index (χ1) is 8.60. The van der Waals surface area contributed by atoms with E-state index in [4.69, 9.17) is 16.9 Å². The molecule has 0 unspecified atom stereocenters. The van der Waals surface area contributed by atoms with E-state index < -0.39 is 6.10 Å². The predicted octanol–water partition coefficient (Wildman–Crippen LogP) is 2.55. The maximum absolute atomic E-state index is 9.22. The van der Waals surface area contributed by atoms with Crippen molar-refractivity contribution in [2.75, 3.05) is 11.9 Å². The van der Waals surface area contributed by atoms with Gasteiger partial charge in [-0.05, 0) is 31.2 Å². The maximum atomic E-state index is 9.22. The van der Waals surface area contributed by atoms with E-state index in [-0.39, 0.29) is 0 Å². The van der Waals surface area contributed by atoms with Gasteiger partial charge in [0, 0.05) is 17.0 Å². The molecule has 2 rings (SSSR count). The van der Waals surface area contributed by atoms with Gasteiger partial charge in [-0.3, -0.25) is 0 Å². The van der Waals surface area contributed by atoms with E-state index in [1.807, 2.05) is 0 Å². The number of hydrogen-bond donors (Lipinski definition) is 2. The minimum atomic E-state index is -0.474. The third kappa shape index (κ3) is 2.70. The predicted molar refractivity (Wildman–Crippen MR) is 71.6 cm³/mol. The van der Waals surface area contributed by atoms with Crippen molar-refractivity contribution in [3.8, 4) is 6.07 Å². The van der Waals surface area contributed by atoms with Gasteiger partial charge in [-0.2, -0.15) is 5.26 Å². The highest BCUT2D eigenvalue weighted by Crippen LogP contribution is 2.23. The largest absolute Gasteiger partial charge is 0.392 e. The fourth-order valence-corrected chi connectivity index (χ4v) is 1.81. The average molecular weight is 262 g/mol. The van der Waals surface area contributed by atoms with E-state index in [1.165, 1.54) is 0 Å². The molecule has 2 aromatic rings. The van der Waals surface area contributed by atoms with Gasteiger partial charge in [0.2, 0.25) is 0 Å². The lowest BCUT2D eigenvalue weighted by molar-refractivity contribution is 0.208. The number of anilines is 1. The van der Waals surface area contributed by atoms with Crippen LogP contribution in [0.25, 0.3) is 10.9 Å². The second kappa shape index (κ2) is 5.21. The molecule has 4 nitrogen and oxygen atoms in total. The highest BCUT2D eigenvalue weighted by Gasteiger charge is 2.06. The van der Waals surface area contributed by atoms with Crippen LogP contribution in [0, 0.1) is 11.3 Å². The number of nitrogens with zero attached hydrogens (tertiary/aromatic N) is 2. The maximum Gasteiger partial charge on any atom is 0.128 e. The number of nitriles is 1. The number of fused-ring (bicyclic) bond motifs is 1. The van der Waals surface area contributed by atoms with Crippen LogP contribution >= 0.6 is 11.6 Å². The second-order valence-corrected chi connectivity index (χ2v) is 4.49. The molecule has 1 aromatic carbocycles. The van der Waals surface area contributed by atoms with Crippen LogP contribution in [0.3, 0.4) is 0 Å². The number of aliphatic hydroxyl groups excluding tert-OH is 1. The standard InChI is InChI=1S/C13H12ClN3O/c1-8(18)7-16-13-4-9(6-15)11-5-10(14)2-3-12(11)17-13/h2-5,8,18H,7H2,1H3,(H,16,17)/t8-/m1/s1. The first-order valence-corrected chi connectivity index (χ1v) is 5.90. The highest BCUT2D eigenvalue weighted by atomic mass is 35.5. The molecule has 0 saturated heterocycles. The molecule has 1 heterocycles. The minimum absolute atomic E-state index is 0.386. The van der Waals surface area contributed by atoms with Crippen LogP contribution in [0.2, 0.25) is 5.02 Å². The van der Waals surface area contributed by atoms with Gasteiger partial charge in [-0.15, -0.1) is 0 Å². The molecule has 0 amide bonds. The molecule has 1 aromatic heterocycles. The number of nitrogens with one attached hydrogen (secondary N) is 1. The number of halogens is 1. The number of aromatic nitrogens is 1. The molecule has 92 valence electrons. The molecule has 0 fully saturated rings. The van der Waals surface area contributed by atoms with Gasteiger partial charge in [0.05, 0.1) is 23.3 Å². The summed E-state index contributed by atoms with van der Waals surface area (Å²) in [6.45, 7) is 2.07. The van der Waals surface area contributed by atoms with Crippen molar-refractivity contribution in [2.45, 2.75) is 13.0 Å². The van der Waals surface area contributed by atoms with Crippen LogP contribution in [-0.2, 0) is 0 Å². The first-order valence-electron chi connectivity index (χ1n) is 5.52. The van der Waals surface area contributed by atoms with E-state index in [0.29, 0.717) is 28.5 Å². The summed E-state index contributed by atoms with van der Waals surface area (Å²) in [6, 6.07) is 9.00. The topological polar surface area (TPSA) is 68.9 Å². The van der Waals surface area contributed by atoms with Crippen LogP contribution in [0.5, 0.6) is 0 Å². The second-order valence-electron chi connectivity index (χ2n) is 4.06. The summed E-state index contributed by atoms with van der Waals surface area (Å²) in [5, 5.41) is 22.6. The van der Waals surface area contributed by atoms with E-state index >= 15 is 0 Å². The van der Waals surface area contributed by atoms with E-state index in [2.05, 4.69) is 16.4 Å². The molecule has 2 N–H and O–H groups in total. The summed E-state index contributed by atoms with van der Waals surface area (Å²) in [7, 11) is 0. The van der Waals surface area contributed by atoms with Crippen LogP contribution in [0.1, 0.15) is 12.5 Å².